The SMILES string of the molecule is CCC(C)N(CC)C(=O)N(CC(=O)O)CC(C)C. The van der Waals surface area contributed by atoms with E-state index < -0.39 is 5.97 Å². The van der Waals surface area contributed by atoms with Crippen LogP contribution in [0, 0.1) is 5.92 Å². The first kappa shape index (κ1) is 16.7. The van der Waals surface area contributed by atoms with Crippen LogP contribution in [0.15, 0.2) is 0 Å². The molecular formula is C13H26N2O3. The van der Waals surface area contributed by atoms with Crippen molar-refractivity contribution in [1.29, 1.82) is 0 Å². The number of urea groups is 1. The van der Waals surface area contributed by atoms with Gasteiger partial charge in [-0.1, -0.05) is 20.8 Å². The van der Waals surface area contributed by atoms with E-state index in [1.807, 2.05) is 34.6 Å². The predicted octanol–water partition coefficient (Wildman–Crippen LogP) is 2.27. The van der Waals surface area contributed by atoms with Crippen LogP contribution in [0.2, 0.25) is 0 Å². The number of carboxylic acid groups (broad SMARTS) is 1. The highest BCUT2D eigenvalue weighted by atomic mass is 16.4. The van der Waals surface area contributed by atoms with Gasteiger partial charge in [-0.15, -0.1) is 0 Å². The van der Waals surface area contributed by atoms with Crippen LogP contribution in [-0.4, -0.2) is 52.6 Å². The maximum absolute atomic E-state index is 12.3. The van der Waals surface area contributed by atoms with Crippen LogP contribution in [0.25, 0.3) is 0 Å². The number of carbonyl (C=O) groups excluding carboxylic acids is 1. The van der Waals surface area contributed by atoms with Crippen LogP contribution in [0.5, 0.6) is 0 Å². The van der Waals surface area contributed by atoms with Crippen molar-refractivity contribution in [3.63, 3.8) is 0 Å². The molecule has 2 amide bonds. The van der Waals surface area contributed by atoms with Gasteiger partial charge in [-0.3, -0.25) is 4.79 Å². The fourth-order valence-electron chi connectivity index (χ4n) is 1.85. The fourth-order valence-corrected chi connectivity index (χ4v) is 1.85. The van der Waals surface area contributed by atoms with E-state index in [1.54, 1.807) is 4.90 Å². The minimum atomic E-state index is -0.968. The molecule has 5 nitrogen and oxygen atoms in total. The summed E-state index contributed by atoms with van der Waals surface area (Å²) in [5, 5.41) is 8.88. The predicted molar refractivity (Wildman–Crippen MR) is 71.6 cm³/mol. The number of carboxylic acids is 1. The van der Waals surface area contributed by atoms with Gasteiger partial charge in [-0.2, -0.15) is 0 Å². The first-order chi connectivity index (χ1) is 8.33. The van der Waals surface area contributed by atoms with E-state index in [-0.39, 0.29) is 24.5 Å². The average molecular weight is 258 g/mol. The first-order valence-electron chi connectivity index (χ1n) is 6.60. The molecule has 106 valence electrons. The number of carbonyl (C=O) groups is 2. The molecule has 0 aromatic heterocycles. The summed E-state index contributed by atoms with van der Waals surface area (Å²) < 4.78 is 0. The maximum Gasteiger partial charge on any atom is 0.323 e. The van der Waals surface area contributed by atoms with Crippen LogP contribution >= 0.6 is 0 Å². The maximum atomic E-state index is 12.3. The largest absolute Gasteiger partial charge is 0.480 e. The zero-order valence-corrected chi connectivity index (χ0v) is 12.1. The summed E-state index contributed by atoms with van der Waals surface area (Å²) in [4.78, 5) is 26.3. The highest BCUT2D eigenvalue weighted by molar-refractivity contribution is 5.80. The van der Waals surface area contributed by atoms with Crippen LogP contribution in [0.4, 0.5) is 4.79 Å². The van der Waals surface area contributed by atoms with Gasteiger partial charge in [0.05, 0.1) is 0 Å². The Morgan fingerprint density at radius 3 is 2.06 bits per heavy atom. The van der Waals surface area contributed by atoms with Gasteiger partial charge in [-0.25, -0.2) is 4.79 Å². The van der Waals surface area contributed by atoms with Crippen molar-refractivity contribution in [3.05, 3.63) is 0 Å². The number of hydrogen-bond acceptors (Lipinski definition) is 2. The monoisotopic (exact) mass is 258 g/mol. The summed E-state index contributed by atoms with van der Waals surface area (Å²) >= 11 is 0. The molecule has 1 unspecified atom stereocenters. The second-order valence-electron chi connectivity index (χ2n) is 4.99. The van der Waals surface area contributed by atoms with Crippen molar-refractivity contribution in [2.24, 2.45) is 5.92 Å². The molecule has 0 aliphatic heterocycles. The zero-order chi connectivity index (χ0) is 14.3. The molecule has 0 radical (unpaired) electrons. The van der Waals surface area contributed by atoms with E-state index in [1.165, 1.54) is 4.90 Å². The lowest BCUT2D eigenvalue weighted by atomic mass is 10.2. The number of amides is 2. The third kappa shape index (κ3) is 5.38. The lowest BCUT2D eigenvalue weighted by molar-refractivity contribution is -0.137. The Labute approximate surface area is 110 Å². The molecule has 1 atom stereocenters. The van der Waals surface area contributed by atoms with Crippen LogP contribution in [0.1, 0.15) is 41.0 Å². The smallest absolute Gasteiger partial charge is 0.323 e. The Kier molecular flexibility index (Phi) is 7.39. The molecule has 0 saturated carbocycles. The molecule has 5 heteroatoms. The molecule has 0 heterocycles. The van der Waals surface area contributed by atoms with Crippen molar-refractivity contribution in [2.45, 2.75) is 47.1 Å². The lowest BCUT2D eigenvalue weighted by Crippen LogP contribution is -2.49. The Morgan fingerprint density at radius 1 is 1.17 bits per heavy atom. The third-order valence-electron chi connectivity index (χ3n) is 2.89. The summed E-state index contributed by atoms with van der Waals surface area (Å²) in [6, 6.07) is -0.0473. The molecule has 0 aromatic rings. The zero-order valence-electron chi connectivity index (χ0n) is 12.1. The average Bonchev–Trinajstić information content (AvgIpc) is 2.27. The summed E-state index contributed by atoms with van der Waals surface area (Å²) in [6.07, 6.45) is 0.863. The Bertz CT molecular complexity index is 279. The van der Waals surface area contributed by atoms with Gasteiger partial charge >= 0.3 is 12.0 Å². The van der Waals surface area contributed by atoms with E-state index in [4.69, 9.17) is 5.11 Å². The standard InChI is InChI=1S/C13H26N2O3/c1-6-11(5)15(7-2)13(18)14(8-10(3)4)9-12(16)17/h10-11H,6-9H2,1-5H3,(H,16,17). The highest BCUT2D eigenvalue weighted by Gasteiger charge is 2.25. The van der Waals surface area contributed by atoms with Gasteiger partial charge in [0.2, 0.25) is 0 Å². The van der Waals surface area contributed by atoms with Crippen LogP contribution < -0.4 is 0 Å². The van der Waals surface area contributed by atoms with Gasteiger partial charge in [0, 0.05) is 19.1 Å². The molecular weight excluding hydrogens is 232 g/mol. The Hall–Kier alpha value is -1.26. The topological polar surface area (TPSA) is 60.9 Å². The van der Waals surface area contributed by atoms with E-state index in [2.05, 4.69) is 0 Å². The molecule has 0 fully saturated rings. The van der Waals surface area contributed by atoms with Crippen LogP contribution in [0.3, 0.4) is 0 Å². The van der Waals surface area contributed by atoms with Crippen molar-refractivity contribution >= 4 is 12.0 Å². The normalized spacial score (nSPS) is 12.3. The summed E-state index contributed by atoms with van der Waals surface area (Å²) in [5.74, 6) is -0.715. The van der Waals surface area contributed by atoms with Crippen molar-refractivity contribution < 1.29 is 14.7 Å². The molecule has 0 aromatic carbocycles. The summed E-state index contributed by atoms with van der Waals surface area (Å²) in [5.41, 5.74) is 0. The molecule has 0 spiro atoms. The molecule has 0 bridgehead atoms. The quantitative estimate of drug-likeness (QED) is 0.762. The molecule has 0 saturated heterocycles. The van der Waals surface area contributed by atoms with Gasteiger partial charge in [0.25, 0.3) is 0 Å². The molecule has 1 N–H and O–H groups in total. The van der Waals surface area contributed by atoms with Crippen molar-refractivity contribution in [1.82, 2.24) is 9.80 Å². The lowest BCUT2D eigenvalue weighted by Gasteiger charge is -2.33. The summed E-state index contributed by atoms with van der Waals surface area (Å²) in [7, 11) is 0. The van der Waals surface area contributed by atoms with E-state index in [0.717, 1.165) is 6.42 Å². The number of aliphatic carboxylic acids is 1. The molecule has 0 aliphatic carbocycles. The van der Waals surface area contributed by atoms with Crippen molar-refractivity contribution in [3.8, 4) is 0 Å². The molecule has 0 rings (SSSR count). The fraction of sp³-hybridized carbons (Fsp3) is 0.846. The second kappa shape index (κ2) is 7.95. The number of hydrogen-bond donors (Lipinski definition) is 1. The molecule has 18 heavy (non-hydrogen) atoms. The van der Waals surface area contributed by atoms with E-state index >= 15 is 0 Å². The van der Waals surface area contributed by atoms with Gasteiger partial charge in [0.1, 0.15) is 6.54 Å². The Balaban J connectivity index is 4.84. The second-order valence-corrected chi connectivity index (χ2v) is 4.99. The highest BCUT2D eigenvalue weighted by Crippen LogP contribution is 2.09. The van der Waals surface area contributed by atoms with E-state index in [0.29, 0.717) is 13.1 Å². The number of rotatable bonds is 7. The minimum Gasteiger partial charge on any atom is -0.480 e. The minimum absolute atomic E-state index is 0.131. The van der Waals surface area contributed by atoms with Crippen LogP contribution in [-0.2, 0) is 4.79 Å². The van der Waals surface area contributed by atoms with Gasteiger partial charge < -0.3 is 14.9 Å². The molecule has 0 aliphatic rings. The third-order valence-corrected chi connectivity index (χ3v) is 2.89. The van der Waals surface area contributed by atoms with E-state index in [9.17, 15) is 9.59 Å². The Morgan fingerprint density at radius 2 is 1.72 bits per heavy atom. The van der Waals surface area contributed by atoms with Gasteiger partial charge in [-0.05, 0) is 26.2 Å². The summed E-state index contributed by atoms with van der Waals surface area (Å²) in [6.45, 7) is 10.7. The number of nitrogens with zero attached hydrogens (tertiary/aromatic N) is 2. The van der Waals surface area contributed by atoms with Crippen molar-refractivity contribution in [2.75, 3.05) is 19.6 Å². The van der Waals surface area contributed by atoms with Gasteiger partial charge in [0.15, 0.2) is 0 Å². The first-order valence-corrected chi connectivity index (χ1v) is 6.60.